The Bertz CT molecular complexity index is 670. The summed E-state index contributed by atoms with van der Waals surface area (Å²) in [6, 6.07) is 7.97. The molecule has 3 rings (SSSR count). The van der Waals surface area contributed by atoms with Gasteiger partial charge in [-0.2, -0.15) is 0 Å². The maximum atomic E-state index is 12.1. The molecule has 24 heavy (non-hydrogen) atoms. The number of carbonyl (C=O) groups is 1. The van der Waals surface area contributed by atoms with Gasteiger partial charge >= 0.3 is 0 Å². The molecule has 8 heteroatoms. The highest BCUT2D eigenvalue weighted by atomic mass is 35.5. The van der Waals surface area contributed by atoms with Gasteiger partial charge in [0, 0.05) is 11.6 Å². The summed E-state index contributed by atoms with van der Waals surface area (Å²) in [6.45, 7) is 2.47. The number of carbonyl (C=O) groups excluding carboxylic acids is 1. The minimum absolute atomic E-state index is 0. The Labute approximate surface area is 152 Å². The first-order valence-corrected chi connectivity index (χ1v) is 8.26. The van der Waals surface area contributed by atoms with E-state index in [2.05, 4.69) is 20.9 Å². The third-order valence-electron chi connectivity index (χ3n) is 4.06. The fourth-order valence-electron chi connectivity index (χ4n) is 2.73. The predicted octanol–water partition coefficient (Wildman–Crippen LogP) is 2.25. The second kappa shape index (κ2) is 9.01. The normalized spacial score (nSPS) is 14.9. The van der Waals surface area contributed by atoms with E-state index in [4.69, 9.17) is 11.6 Å². The molecule has 2 N–H and O–H groups in total. The lowest BCUT2D eigenvalue weighted by molar-refractivity contribution is 0.0949. The minimum Gasteiger partial charge on any atom is -0.350 e. The van der Waals surface area contributed by atoms with E-state index in [1.54, 1.807) is 6.20 Å². The summed E-state index contributed by atoms with van der Waals surface area (Å²) in [5.74, 6) is -0.197. The fourth-order valence-corrected chi connectivity index (χ4v) is 2.96. The van der Waals surface area contributed by atoms with Gasteiger partial charge < -0.3 is 10.6 Å². The molecule has 1 saturated heterocycles. The molecule has 1 aromatic heterocycles. The number of aromatic nitrogens is 3. The molecule has 0 radical (unpaired) electrons. The van der Waals surface area contributed by atoms with Crippen LogP contribution in [0.2, 0.25) is 5.02 Å². The summed E-state index contributed by atoms with van der Waals surface area (Å²) >= 11 is 6.10. The van der Waals surface area contributed by atoms with Crippen LogP contribution in [0, 0.1) is 0 Å². The van der Waals surface area contributed by atoms with E-state index >= 15 is 0 Å². The van der Waals surface area contributed by atoms with Gasteiger partial charge in [0.15, 0.2) is 5.69 Å². The molecule has 0 spiro atoms. The molecular weight excluding hydrogens is 349 g/mol. The summed E-state index contributed by atoms with van der Waals surface area (Å²) in [5.41, 5.74) is 1.38. The Hall–Kier alpha value is -1.63. The van der Waals surface area contributed by atoms with Crippen LogP contribution in [-0.2, 0) is 6.42 Å². The molecule has 0 unspecified atom stereocenters. The van der Waals surface area contributed by atoms with Crippen molar-refractivity contribution in [3.05, 3.63) is 46.7 Å². The maximum absolute atomic E-state index is 12.1. The number of nitrogens with zero attached hydrogens (tertiary/aromatic N) is 3. The van der Waals surface area contributed by atoms with Gasteiger partial charge in [0.1, 0.15) is 0 Å². The number of hydrogen-bond donors (Lipinski definition) is 2. The molecule has 1 aliphatic heterocycles. The topological polar surface area (TPSA) is 71.8 Å². The SMILES string of the molecule is Cl.O=C(NCCc1ccccc1Cl)c1cn(C2CCNCC2)nn1. The molecule has 1 aliphatic rings. The molecule has 0 saturated carbocycles. The zero-order valence-corrected chi connectivity index (χ0v) is 14.8. The smallest absolute Gasteiger partial charge is 0.273 e. The highest BCUT2D eigenvalue weighted by Gasteiger charge is 2.18. The average molecular weight is 370 g/mol. The molecule has 6 nitrogen and oxygen atoms in total. The largest absolute Gasteiger partial charge is 0.350 e. The van der Waals surface area contributed by atoms with Gasteiger partial charge in [-0.3, -0.25) is 4.79 Å². The number of amides is 1. The number of hydrogen-bond acceptors (Lipinski definition) is 4. The van der Waals surface area contributed by atoms with Gasteiger partial charge in [0.2, 0.25) is 0 Å². The quantitative estimate of drug-likeness (QED) is 0.847. The van der Waals surface area contributed by atoms with Crippen LogP contribution in [0.4, 0.5) is 0 Å². The van der Waals surface area contributed by atoms with Crippen LogP contribution in [-0.4, -0.2) is 40.5 Å². The number of nitrogens with one attached hydrogen (secondary N) is 2. The van der Waals surface area contributed by atoms with E-state index in [0.29, 0.717) is 24.7 Å². The van der Waals surface area contributed by atoms with Crippen LogP contribution < -0.4 is 10.6 Å². The van der Waals surface area contributed by atoms with Crippen molar-refractivity contribution in [3.63, 3.8) is 0 Å². The van der Waals surface area contributed by atoms with Crippen LogP contribution in [0.5, 0.6) is 0 Å². The third kappa shape index (κ3) is 4.69. The molecule has 130 valence electrons. The number of halogens is 2. The van der Waals surface area contributed by atoms with E-state index in [-0.39, 0.29) is 18.3 Å². The van der Waals surface area contributed by atoms with Gasteiger partial charge in [-0.15, -0.1) is 17.5 Å². The van der Waals surface area contributed by atoms with Crippen LogP contribution in [0.25, 0.3) is 0 Å². The predicted molar refractivity (Wildman–Crippen MR) is 95.9 cm³/mol. The van der Waals surface area contributed by atoms with Crippen molar-refractivity contribution < 1.29 is 4.79 Å². The van der Waals surface area contributed by atoms with Gasteiger partial charge in [-0.05, 0) is 44.0 Å². The summed E-state index contributed by atoms with van der Waals surface area (Å²) < 4.78 is 1.81. The number of piperidine rings is 1. The summed E-state index contributed by atoms with van der Waals surface area (Å²) in [6.07, 6.45) is 4.45. The number of benzene rings is 1. The highest BCUT2D eigenvalue weighted by Crippen LogP contribution is 2.17. The monoisotopic (exact) mass is 369 g/mol. The first-order valence-electron chi connectivity index (χ1n) is 7.88. The zero-order valence-electron chi connectivity index (χ0n) is 13.2. The second-order valence-corrected chi connectivity index (χ2v) is 6.07. The van der Waals surface area contributed by atoms with Crippen molar-refractivity contribution in [2.24, 2.45) is 0 Å². The molecule has 1 aromatic carbocycles. The summed E-state index contributed by atoms with van der Waals surface area (Å²) in [7, 11) is 0. The van der Waals surface area contributed by atoms with E-state index in [1.165, 1.54) is 0 Å². The van der Waals surface area contributed by atoms with Gasteiger partial charge in [0.05, 0.1) is 12.2 Å². The maximum Gasteiger partial charge on any atom is 0.273 e. The van der Waals surface area contributed by atoms with Crippen molar-refractivity contribution in [2.45, 2.75) is 25.3 Å². The standard InChI is InChI=1S/C16H20ClN5O.ClH/c17-14-4-2-1-3-12(14)5-10-19-16(23)15-11-22(21-20-15)13-6-8-18-9-7-13;/h1-4,11,13,18H,5-10H2,(H,19,23);1H. The van der Waals surface area contributed by atoms with Crippen LogP contribution in [0.1, 0.15) is 34.9 Å². The van der Waals surface area contributed by atoms with E-state index < -0.39 is 0 Å². The zero-order chi connectivity index (χ0) is 16.1. The Morgan fingerprint density at radius 3 is 2.83 bits per heavy atom. The Morgan fingerprint density at radius 1 is 1.33 bits per heavy atom. The lowest BCUT2D eigenvalue weighted by atomic mass is 10.1. The third-order valence-corrected chi connectivity index (χ3v) is 4.43. The Kier molecular flexibility index (Phi) is 7.02. The van der Waals surface area contributed by atoms with Crippen LogP contribution >= 0.6 is 24.0 Å². The molecular formula is C16H21Cl2N5O. The van der Waals surface area contributed by atoms with Gasteiger partial charge in [-0.1, -0.05) is 35.0 Å². The summed E-state index contributed by atoms with van der Waals surface area (Å²) in [4.78, 5) is 12.1. The lowest BCUT2D eigenvalue weighted by Gasteiger charge is -2.22. The highest BCUT2D eigenvalue weighted by molar-refractivity contribution is 6.31. The van der Waals surface area contributed by atoms with Crippen LogP contribution in [0.15, 0.2) is 30.5 Å². The molecule has 1 amide bonds. The Morgan fingerprint density at radius 2 is 2.08 bits per heavy atom. The van der Waals surface area contributed by atoms with Crippen molar-refractivity contribution >= 4 is 29.9 Å². The first kappa shape index (κ1) is 18.7. The summed E-state index contributed by atoms with van der Waals surface area (Å²) in [5, 5.41) is 15.0. The number of rotatable bonds is 5. The van der Waals surface area contributed by atoms with Crippen molar-refractivity contribution in [2.75, 3.05) is 19.6 Å². The molecule has 0 atom stereocenters. The first-order chi connectivity index (χ1) is 11.2. The molecule has 0 aliphatic carbocycles. The minimum atomic E-state index is -0.197. The van der Waals surface area contributed by atoms with Crippen LogP contribution in [0.3, 0.4) is 0 Å². The molecule has 2 heterocycles. The van der Waals surface area contributed by atoms with Crippen molar-refractivity contribution in [1.29, 1.82) is 0 Å². The van der Waals surface area contributed by atoms with Gasteiger partial charge in [0.25, 0.3) is 5.91 Å². The molecule has 0 bridgehead atoms. The fraction of sp³-hybridized carbons (Fsp3) is 0.438. The molecule has 2 aromatic rings. The Balaban J connectivity index is 0.00000208. The van der Waals surface area contributed by atoms with Gasteiger partial charge in [-0.25, -0.2) is 4.68 Å². The van der Waals surface area contributed by atoms with Crippen molar-refractivity contribution in [3.8, 4) is 0 Å². The second-order valence-electron chi connectivity index (χ2n) is 5.66. The van der Waals surface area contributed by atoms with E-state index in [1.807, 2.05) is 28.9 Å². The van der Waals surface area contributed by atoms with E-state index in [0.717, 1.165) is 36.5 Å². The lowest BCUT2D eigenvalue weighted by Crippen LogP contribution is -2.29. The van der Waals surface area contributed by atoms with Crippen molar-refractivity contribution in [1.82, 2.24) is 25.6 Å². The van der Waals surface area contributed by atoms with E-state index in [9.17, 15) is 4.79 Å². The average Bonchev–Trinajstić information content (AvgIpc) is 3.07. The molecule has 1 fully saturated rings.